The Balaban J connectivity index is 2.37. The van der Waals surface area contributed by atoms with Crippen LogP contribution in [0.4, 0.5) is 0 Å². The number of hydrogen-bond donors (Lipinski definition) is 1. The first-order valence-corrected chi connectivity index (χ1v) is 11.5. The Morgan fingerprint density at radius 1 is 0.893 bits per heavy atom. The molecule has 140 valence electrons. The van der Waals surface area contributed by atoms with Crippen molar-refractivity contribution in [3.8, 4) is 0 Å². The van der Waals surface area contributed by atoms with E-state index in [-0.39, 0.29) is 0 Å². The first-order chi connectivity index (χ1) is 13.6. The van der Waals surface area contributed by atoms with Crippen LogP contribution in [-0.2, 0) is 16.6 Å². The van der Waals surface area contributed by atoms with Crippen molar-refractivity contribution in [3.05, 3.63) is 107 Å². The van der Waals surface area contributed by atoms with E-state index in [1.807, 2.05) is 91.0 Å². The van der Waals surface area contributed by atoms with Crippen molar-refractivity contribution in [3.63, 3.8) is 0 Å². The van der Waals surface area contributed by atoms with Crippen LogP contribution < -0.4 is 10.6 Å². The summed E-state index contributed by atoms with van der Waals surface area (Å²) in [4.78, 5) is 14.9. The third kappa shape index (κ3) is 3.85. The number of nitrogens with zero attached hydrogens (tertiary/aromatic N) is 3. The van der Waals surface area contributed by atoms with Crippen molar-refractivity contribution in [2.75, 3.05) is 0 Å². The van der Waals surface area contributed by atoms with Crippen molar-refractivity contribution in [2.45, 2.75) is 11.7 Å². The fraction of sp³-hybridized carbons (Fsp3) is 0.0952. The van der Waals surface area contributed by atoms with E-state index in [2.05, 4.69) is 10.0 Å². The molecule has 0 bridgehead atoms. The van der Waals surface area contributed by atoms with E-state index in [4.69, 9.17) is 17.3 Å². The zero-order valence-corrected chi connectivity index (χ0v) is 16.6. The molecule has 0 unspecified atom stereocenters. The largest absolute Gasteiger partial charge is 0.481 e. The van der Waals surface area contributed by atoms with Crippen molar-refractivity contribution in [1.29, 1.82) is 0 Å². The molecular weight excluding hydrogens is 389 g/mol. The number of carboxylic acid groups (broad SMARTS) is 1. The molecule has 0 saturated carbocycles. The van der Waals surface area contributed by atoms with Crippen molar-refractivity contribution in [1.82, 2.24) is 0 Å². The zero-order valence-electron chi connectivity index (χ0n) is 14.9. The quantitative estimate of drug-likeness (QED) is 0.268. The predicted molar refractivity (Wildman–Crippen MR) is 116 cm³/mol. The summed E-state index contributed by atoms with van der Waals surface area (Å²) in [6, 6.07) is 24.3. The maximum Gasteiger partial charge on any atom is 0.313 e. The molecule has 0 radical (unpaired) electrons. The number of hydrogen-bond acceptors (Lipinski definition) is 3. The predicted octanol–water partition coefficient (Wildman–Crippen LogP) is 4.62. The third-order valence-electron chi connectivity index (χ3n) is 4.54. The van der Waals surface area contributed by atoms with Crippen molar-refractivity contribution in [2.24, 2.45) is 5.11 Å². The summed E-state index contributed by atoms with van der Waals surface area (Å²) < 4.78 is 0. The standard InChI is InChI=1S/C21H18N3O2PS/c22-24-23-19(21(25)26)20(16-10-4-1-5-11-16)27(28,17-12-6-2-7-13-17)18-14-8-3-9-15-18/h1-15,19-20H,(H,25,26)/t19-,20+/m0/s1. The van der Waals surface area contributed by atoms with Crippen LogP contribution in [0.15, 0.2) is 96.1 Å². The molecule has 0 spiro atoms. The zero-order chi connectivity index (χ0) is 20.0. The van der Waals surface area contributed by atoms with Crippen molar-refractivity contribution >= 4 is 34.4 Å². The second kappa shape index (κ2) is 8.85. The lowest BCUT2D eigenvalue weighted by molar-refractivity contribution is -0.138. The van der Waals surface area contributed by atoms with Gasteiger partial charge < -0.3 is 5.11 Å². The van der Waals surface area contributed by atoms with Gasteiger partial charge in [0.1, 0.15) is 6.04 Å². The summed E-state index contributed by atoms with van der Waals surface area (Å²) >= 11 is 6.31. The lowest BCUT2D eigenvalue weighted by Crippen LogP contribution is -2.32. The molecule has 2 atom stereocenters. The van der Waals surface area contributed by atoms with Crippen LogP contribution in [0.2, 0.25) is 0 Å². The molecule has 0 aliphatic rings. The summed E-state index contributed by atoms with van der Waals surface area (Å²) in [5.74, 6) is -1.19. The van der Waals surface area contributed by atoms with Gasteiger partial charge in [-0.3, -0.25) is 4.79 Å². The van der Waals surface area contributed by atoms with Crippen molar-refractivity contribution < 1.29 is 9.90 Å². The van der Waals surface area contributed by atoms with Crippen LogP contribution in [-0.4, -0.2) is 17.1 Å². The molecule has 5 nitrogen and oxygen atoms in total. The Morgan fingerprint density at radius 3 is 1.71 bits per heavy atom. The topological polar surface area (TPSA) is 86.1 Å². The van der Waals surface area contributed by atoms with Gasteiger partial charge in [0.25, 0.3) is 0 Å². The molecule has 0 saturated heterocycles. The van der Waals surface area contributed by atoms with Gasteiger partial charge in [-0.05, 0) is 21.7 Å². The lowest BCUT2D eigenvalue weighted by Gasteiger charge is -2.35. The van der Waals surface area contributed by atoms with Crippen LogP contribution in [0.1, 0.15) is 11.2 Å². The molecular formula is C21H18N3O2PS. The molecule has 3 aromatic carbocycles. The highest BCUT2D eigenvalue weighted by Crippen LogP contribution is 2.59. The van der Waals surface area contributed by atoms with Gasteiger partial charge in [-0.1, -0.05) is 108 Å². The molecule has 0 fully saturated rings. The Bertz CT molecular complexity index is 994. The van der Waals surface area contributed by atoms with Gasteiger partial charge in [0.2, 0.25) is 0 Å². The molecule has 0 aromatic heterocycles. The lowest BCUT2D eigenvalue weighted by atomic mass is 10.1. The maximum atomic E-state index is 12.1. The number of carboxylic acids is 1. The molecule has 28 heavy (non-hydrogen) atoms. The summed E-state index contributed by atoms with van der Waals surface area (Å²) in [6.45, 7) is 0. The fourth-order valence-corrected chi connectivity index (χ4v) is 8.10. The number of benzene rings is 3. The third-order valence-corrected chi connectivity index (χ3v) is 9.98. The highest BCUT2D eigenvalue weighted by molar-refractivity contribution is 8.22. The normalized spacial score (nSPS) is 13.1. The average Bonchev–Trinajstić information content (AvgIpc) is 2.75. The molecule has 7 heteroatoms. The molecule has 0 aliphatic heterocycles. The first-order valence-electron chi connectivity index (χ1n) is 8.62. The van der Waals surface area contributed by atoms with Gasteiger partial charge >= 0.3 is 5.97 Å². The Morgan fingerprint density at radius 2 is 1.32 bits per heavy atom. The first kappa shape index (κ1) is 19.8. The number of carbonyl (C=O) groups is 1. The second-order valence-electron chi connectivity index (χ2n) is 6.17. The van der Waals surface area contributed by atoms with Crippen LogP contribution >= 0.6 is 6.04 Å². The SMILES string of the molecule is [N-]=[N+]=N[C@H](C(=O)O)[C@@H](c1ccccc1)P(=S)(c1ccccc1)c1ccccc1. The molecule has 0 amide bonds. The Labute approximate surface area is 168 Å². The van der Waals surface area contributed by atoms with Crippen LogP contribution in [0.3, 0.4) is 0 Å². The highest BCUT2D eigenvalue weighted by Gasteiger charge is 2.41. The van der Waals surface area contributed by atoms with E-state index in [9.17, 15) is 9.90 Å². The van der Waals surface area contributed by atoms with Gasteiger partial charge in [0.05, 0.1) is 0 Å². The van der Waals surface area contributed by atoms with E-state index in [1.165, 1.54) is 0 Å². The van der Waals surface area contributed by atoms with Crippen LogP contribution in [0, 0.1) is 0 Å². The minimum atomic E-state index is -2.71. The minimum Gasteiger partial charge on any atom is -0.481 e. The van der Waals surface area contributed by atoms with Gasteiger partial charge in [-0.15, -0.1) is 0 Å². The number of aliphatic carboxylic acids is 1. The van der Waals surface area contributed by atoms with Gasteiger partial charge in [-0.2, -0.15) is 0 Å². The molecule has 3 rings (SSSR count). The van der Waals surface area contributed by atoms with Gasteiger partial charge in [0, 0.05) is 16.6 Å². The fourth-order valence-electron chi connectivity index (χ4n) is 3.31. The van der Waals surface area contributed by atoms with E-state index in [0.717, 1.165) is 16.2 Å². The molecule has 3 aromatic rings. The van der Waals surface area contributed by atoms with Gasteiger partial charge in [0.15, 0.2) is 0 Å². The summed E-state index contributed by atoms with van der Waals surface area (Å²) in [6.07, 6.45) is 0. The van der Waals surface area contributed by atoms with E-state index >= 15 is 0 Å². The molecule has 0 heterocycles. The number of rotatable bonds is 7. The highest BCUT2D eigenvalue weighted by atomic mass is 32.4. The minimum absolute atomic E-state index is 0.679. The van der Waals surface area contributed by atoms with E-state index in [1.54, 1.807) is 0 Å². The summed E-state index contributed by atoms with van der Waals surface area (Å²) in [5.41, 5.74) is 9.13. The molecule has 0 aliphatic carbocycles. The Hall–Kier alpha value is -2.91. The summed E-state index contributed by atoms with van der Waals surface area (Å²) in [5, 5.41) is 15.3. The van der Waals surface area contributed by atoms with Crippen LogP contribution in [0.5, 0.6) is 0 Å². The van der Waals surface area contributed by atoms with E-state index < -0.39 is 23.7 Å². The number of azide groups is 1. The molecule has 1 N–H and O–H groups in total. The van der Waals surface area contributed by atoms with E-state index in [0.29, 0.717) is 0 Å². The monoisotopic (exact) mass is 407 g/mol. The second-order valence-corrected chi connectivity index (χ2v) is 10.8. The average molecular weight is 407 g/mol. The smallest absolute Gasteiger partial charge is 0.313 e. The Kier molecular flexibility index (Phi) is 6.27. The maximum absolute atomic E-state index is 12.1. The van der Waals surface area contributed by atoms with Gasteiger partial charge in [-0.25, -0.2) is 0 Å². The summed E-state index contributed by atoms with van der Waals surface area (Å²) in [7, 11) is 0. The van der Waals surface area contributed by atoms with Crippen LogP contribution in [0.25, 0.3) is 10.4 Å².